The first-order valence-electron chi connectivity index (χ1n) is 7.53. The number of hydrogen-bond donors (Lipinski definition) is 0. The molecule has 0 amide bonds. The van der Waals surface area contributed by atoms with Gasteiger partial charge >= 0.3 is 0 Å². The summed E-state index contributed by atoms with van der Waals surface area (Å²) in [6, 6.07) is 6.14. The number of halogens is 2. The van der Waals surface area contributed by atoms with Gasteiger partial charge in [0.05, 0.1) is 21.9 Å². The lowest BCUT2D eigenvalue weighted by Gasteiger charge is -2.35. The van der Waals surface area contributed by atoms with Crippen molar-refractivity contribution in [3.63, 3.8) is 0 Å². The van der Waals surface area contributed by atoms with Crippen LogP contribution in [0.4, 0.5) is 11.4 Å². The standard InChI is InChI=1S/C16H19Cl2N3O/c1-2-20-11-14(10-19-20)21(12-5-7-22-8-6-12)13-3-4-15(17)16(18)9-13/h3-4,9-12H,2,5-8H2,1H3. The molecule has 2 heterocycles. The summed E-state index contributed by atoms with van der Waals surface area (Å²) >= 11 is 12.3. The molecule has 0 radical (unpaired) electrons. The lowest BCUT2D eigenvalue weighted by molar-refractivity contribution is 0.0865. The van der Waals surface area contributed by atoms with Gasteiger partial charge in [-0.1, -0.05) is 23.2 Å². The summed E-state index contributed by atoms with van der Waals surface area (Å²) in [6.45, 7) is 4.49. The Bertz CT molecular complexity index is 638. The number of aryl methyl sites for hydroxylation is 1. The average Bonchev–Trinajstić information content (AvgIpc) is 3.01. The highest BCUT2D eigenvalue weighted by atomic mass is 35.5. The first kappa shape index (κ1) is 15.7. The van der Waals surface area contributed by atoms with Crippen molar-refractivity contribution in [2.45, 2.75) is 32.4 Å². The molecule has 1 saturated heterocycles. The Hall–Kier alpha value is -1.23. The predicted octanol–water partition coefficient (Wildman–Crippen LogP) is 4.53. The van der Waals surface area contributed by atoms with E-state index >= 15 is 0 Å². The van der Waals surface area contributed by atoms with Gasteiger partial charge in [-0.15, -0.1) is 0 Å². The molecular weight excluding hydrogens is 321 g/mol. The third-order valence-corrected chi connectivity index (χ3v) is 4.70. The van der Waals surface area contributed by atoms with E-state index < -0.39 is 0 Å². The van der Waals surface area contributed by atoms with E-state index in [0.29, 0.717) is 16.1 Å². The van der Waals surface area contributed by atoms with Crippen molar-refractivity contribution in [3.05, 3.63) is 40.6 Å². The second-order valence-corrected chi connectivity index (χ2v) is 6.18. The van der Waals surface area contributed by atoms with E-state index in [2.05, 4.69) is 23.1 Å². The van der Waals surface area contributed by atoms with Crippen LogP contribution in [0.1, 0.15) is 19.8 Å². The first-order chi connectivity index (χ1) is 10.7. The lowest BCUT2D eigenvalue weighted by atomic mass is 10.1. The van der Waals surface area contributed by atoms with Crippen LogP contribution in [0.2, 0.25) is 10.0 Å². The highest BCUT2D eigenvalue weighted by Gasteiger charge is 2.24. The van der Waals surface area contributed by atoms with Gasteiger partial charge in [-0.25, -0.2) is 0 Å². The summed E-state index contributed by atoms with van der Waals surface area (Å²) in [7, 11) is 0. The molecule has 0 unspecified atom stereocenters. The van der Waals surface area contributed by atoms with Crippen molar-refractivity contribution < 1.29 is 4.74 Å². The van der Waals surface area contributed by atoms with Crippen LogP contribution < -0.4 is 4.90 Å². The SMILES string of the molecule is CCn1cc(N(c2ccc(Cl)c(Cl)c2)C2CCOCC2)cn1. The van der Waals surface area contributed by atoms with Crippen molar-refractivity contribution in [2.24, 2.45) is 0 Å². The zero-order chi connectivity index (χ0) is 15.5. The van der Waals surface area contributed by atoms with Crippen LogP contribution in [-0.2, 0) is 11.3 Å². The molecule has 0 bridgehead atoms. The molecule has 0 spiro atoms. The molecule has 4 nitrogen and oxygen atoms in total. The molecule has 2 aromatic rings. The zero-order valence-electron chi connectivity index (χ0n) is 12.5. The van der Waals surface area contributed by atoms with E-state index in [1.54, 1.807) is 0 Å². The zero-order valence-corrected chi connectivity index (χ0v) is 14.0. The Labute approximate surface area is 140 Å². The Morgan fingerprint density at radius 1 is 1.23 bits per heavy atom. The lowest BCUT2D eigenvalue weighted by Crippen LogP contribution is -2.36. The maximum Gasteiger partial charge on any atom is 0.0799 e. The smallest absolute Gasteiger partial charge is 0.0799 e. The number of ether oxygens (including phenoxy) is 1. The molecule has 1 aromatic carbocycles. The normalized spacial score (nSPS) is 16.0. The van der Waals surface area contributed by atoms with Crippen molar-refractivity contribution in [2.75, 3.05) is 18.1 Å². The molecule has 0 atom stereocenters. The van der Waals surface area contributed by atoms with E-state index in [1.807, 2.05) is 29.1 Å². The Morgan fingerprint density at radius 3 is 2.64 bits per heavy atom. The summed E-state index contributed by atoms with van der Waals surface area (Å²) in [5, 5.41) is 5.54. The van der Waals surface area contributed by atoms with E-state index in [4.69, 9.17) is 27.9 Å². The number of hydrogen-bond acceptors (Lipinski definition) is 3. The van der Waals surface area contributed by atoms with Gasteiger partial charge in [0.2, 0.25) is 0 Å². The average molecular weight is 340 g/mol. The minimum Gasteiger partial charge on any atom is -0.381 e. The summed E-state index contributed by atoms with van der Waals surface area (Å²) in [6.07, 6.45) is 5.94. The molecule has 0 aliphatic carbocycles. The fourth-order valence-electron chi connectivity index (χ4n) is 2.80. The molecule has 3 rings (SSSR count). The van der Waals surface area contributed by atoms with Gasteiger partial charge in [0, 0.05) is 37.7 Å². The number of benzene rings is 1. The van der Waals surface area contributed by atoms with Gasteiger partial charge in [0.25, 0.3) is 0 Å². The van der Waals surface area contributed by atoms with Crippen molar-refractivity contribution in [1.82, 2.24) is 9.78 Å². The quantitative estimate of drug-likeness (QED) is 0.819. The molecule has 22 heavy (non-hydrogen) atoms. The van der Waals surface area contributed by atoms with E-state index in [1.165, 1.54) is 0 Å². The minimum absolute atomic E-state index is 0.375. The largest absolute Gasteiger partial charge is 0.381 e. The molecule has 1 aliphatic rings. The van der Waals surface area contributed by atoms with Crippen molar-refractivity contribution in [3.8, 4) is 0 Å². The predicted molar refractivity (Wildman–Crippen MR) is 90.3 cm³/mol. The second kappa shape index (κ2) is 6.90. The molecule has 1 aliphatic heterocycles. The van der Waals surface area contributed by atoms with Gasteiger partial charge in [0.15, 0.2) is 0 Å². The van der Waals surface area contributed by atoms with Crippen LogP contribution in [-0.4, -0.2) is 29.0 Å². The molecule has 1 fully saturated rings. The molecule has 118 valence electrons. The fraction of sp³-hybridized carbons (Fsp3) is 0.438. The van der Waals surface area contributed by atoms with Gasteiger partial charge < -0.3 is 9.64 Å². The summed E-state index contributed by atoms with van der Waals surface area (Å²) in [5.74, 6) is 0. The number of aromatic nitrogens is 2. The highest BCUT2D eigenvalue weighted by molar-refractivity contribution is 6.42. The topological polar surface area (TPSA) is 30.3 Å². The summed E-state index contributed by atoms with van der Waals surface area (Å²) < 4.78 is 7.43. The summed E-state index contributed by atoms with van der Waals surface area (Å²) in [5.41, 5.74) is 2.11. The molecule has 0 N–H and O–H groups in total. The fourth-order valence-corrected chi connectivity index (χ4v) is 3.09. The Kier molecular flexibility index (Phi) is 4.91. The van der Waals surface area contributed by atoms with Crippen LogP contribution >= 0.6 is 23.2 Å². The third kappa shape index (κ3) is 3.24. The van der Waals surface area contributed by atoms with Gasteiger partial charge in [-0.3, -0.25) is 4.68 Å². The van der Waals surface area contributed by atoms with Crippen LogP contribution in [0.15, 0.2) is 30.6 Å². The van der Waals surface area contributed by atoms with Crippen molar-refractivity contribution >= 4 is 34.6 Å². The monoisotopic (exact) mass is 339 g/mol. The molecule has 6 heteroatoms. The van der Waals surface area contributed by atoms with Crippen LogP contribution in [0.5, 0.6) is 0 Å². The van der Waals surface area contributed by atoms with E-state index in [-0.39, 0.29) is 0 Å². The highest BCUT2D eigenvalue weighted by Crippen LogP contribution is 2.35. The first-order valence-corrected chi connectivity index (χ1v) is 8.29. The number of anilines is 2. The maximum atomic E-state index is 6.21. The molecule has 0 saturated carbocycles. The molecule has 1 aromatic heterocycles. The number of nitrogens with zero attached hydrogens (tertiary/aromatic N) is 3. The third-order valence-electron chi connectivity index (χ3n) is 3.96. The van der Waals surface area contributed by atoms with E-state index in [0.717, 1.165) is 44.0 Å². The molecular formula is C16H19Cl2N3O. The Morgan fingerprint density at radius 2 is 2.00 bits per heavy atom. The number of rotatable bonds is 4. The van der Waals surface area contributed by atoms with Crippen LogP contribution in [0.3, 0.4) is 0 Å². The van der Waals surface area contributed by atoms with E-state index in [9.17, 15) is 0 Å². The minimum atomic E-state index is 0.375. The van der Waals surface area contributed by atoms with Crippen LogP contribution in [0.25, 0.3) is 0 Å². The maximum absolute atomic E-state index is 6.21. The van der Waals surface area contributed by atoms with Crippen molar-refractivity contribution in [1.29, 1.82) is 0 Å². The van der Waals surface area contributed by atoms with Gasteiger partial charge in [0.1, 0.15) is 0 Å². The second-order valence-electron chi connectivity index (χ2n) is 5.37. The Balaban J connectivity index is 1.99. The van der Waals surface area contributed by atoms with Gasteiger partial charge in [-0.2, -0.15) is 5.10 Å². The summed E-state index contributed by atoms with van der Waals surface area (Å²) in [4.78, 5) is 2.30. The van der Waals surface area contributed by atoms with Crippen LogP contribution in [0, 0.1) is 0 Å². The van der Waals surface area contributed by atoms with Gasteiger partial charge in [-0.05, 0) is 38.0 Å².